The molecule has 19 heavy (non-hydrogen) atoms. The van der Waals surface area contributed by atoms with E-state index >= 15 is 0 Å². The Morgan fingerprint density at radius 1 is 1.32 bits per heavy atom. The van der Waals surface area contributed by atoms with Crippen molar-refractivity contribution in [3.05, 3.63) is 29.3 Å². The lowest BCUT2D eigenvalue weighted by Crippen LogP contribution is -2.32. The minimum Gasteiger partial charge on any atom is -0.384 e. The van der Waals surface area contributed by atoms with Gasteiger partial charge in [0.25, 0.3) is 0 Å². The zero-order chi connectivity index (χ0) is 13.6. The Labute approximate surface area is 111 Å². The van der Waals surface area contributed by atoms with Gasteiger partial charge in [0.1, 0.15) is 6.61 Å². The third-order valence-electron chi connectivity index (χ3n) is 3.65. The topological polar surface area (TPSA) is 57.6 Å². The number of amides is 2. The average Bonchev–Trinajstić information content (AvgIpc) is 3.14. The average molecular weight is 255 g/mol. The van der Waals surface area contributed by atoms with E-state index in [4.69, 9.17) is 5.11 Å². The van der Waals surface area contributed by atoms with E-state index in [2.05, 4.69) is 11.8 Å². The van der Waals surface area contributed by atoms with Crippen LogP contribution in [-0.4, -0.2) is 23.5 Å². The fourth-order valence-corrected chi connectivity index (χ4v) is 2.45. The van der Waals surface area contributed by atoms with Gasteiger partial charge in [0, 0.05) is 5.56 Å². The third kappa shape index (κ3) is 1.83. The first-order chi connectivity index (χ1) is 9.13. The van der Waals surface area contributed by atoms with Gasteiger partial charge in [-0.25, -0.2) is 0 Å². The van der Waals surface area contributed by atoms with E-state index in [1.807, 2.05) is 13.0 Å². The molecule has 1 saturated heterocycles. The molecule has 1 N–H and O–H groups in total. The van der Waals surface area contributed by atoms with E-state index in [-0.39, 0.29) is 30.3 Å². The molecule has 96 valence electrons. The van der Waals surface area contributed by atoms with Gasteiger partial charge >= 0.3 is 0 Å². The summed E-state index contributed by atoms with van der Waals surface area (Å²) in [5, 5.41) is 8.73. The number of benzene rings is 1. The number of piperidine rings is 1. The summed E-state index contributed by atoms with van der Waals surface area (Å²) in [6, 6.07) is 5.33. The van der Waals surface area contributed by atoms with Crippen LogP contribution in [0.3, 0.4) is 0 Å². The van der Waals surface area contributed by atoms with Crippen molar-refractivity contribution < 1.29 is 14.7 Å². The van der Waals surface area contributed by atoms with Crippen molar-refractivity contribution in [1.82, 2.24) is 0 Å². The molecule has 1 aliphatic carbocycles. The summed E-state index contributed by atoms with van der Waals surface area (Å²) in [6.45, 7) is 1.69. The molecule has 2 unspecified atom stereocenters. The second kappa shape index (κ2) is 4.22. The Bertz CT molecular complexity index is 619. The molecule has 0 radical (unpaired) electrons. The van der Waals surface area contributed by atoms with Gasteiger partial charge in [-0.05, 0) is 31.0 Å². The molecule has 0 bridgehead atoms. The first-order valence-electron chi connectivity index (χ1n) is 6.21. The van der Waals surface area contributed by atoms with Gasteiger partial charge in [0.15, 0.2) is 0 Å². The van der Waals surface area contributed by atoms with Crippen molar-refractivity contribution in [3.63, 3.8) is 0 Å². The van der Waals surface area contributed by atoms with Crippen LogP contribution in [0.15, 0.2) is 18.2 Å². The van der Waals surface area contributed by atoms with Gasteiger partial charge in [0.05, 0.1) is 17.5 Å². The molecule has 2 aliphatic rings. The molecule has 4 heteroatoms. The number of anilines is 1. The highest BCUT2D eigenvalue weighted by atomic mass is 16.2. The molecule has 1 saturated carbocycles. The second-order valence-electron chi connectivity index (χ2n) is 4.92. The standard InChI is InChI=1S/C15H13NO3/c1-9-4-5-11(7-10(9)3-2-6-17)16-14(18)12-8-13(12)15(16)19/h4-5,7,12-13,17H,6,8H2,1H3. The van der Waals surface area contributed by atoms with Gasteiger partial charge in [0.2, 0.25) is 11.8 Å². The number of aliphatic hydroxyl groups excluding tert-OH is 1. The summed E-state index contributed by atoms with van der Waals surface area (Å²) in [7, 11) is 0. The summed E-state index contributed by atoms with van der Waals surface area (Å²) in [5.74, 6) is 5.02. The molecular weight excluding hydrogens is 242 g/mol. The fraction of sp³-hybridized carbons (Fsp3) is 0.333. The van der Waals surface area contributed by atoms with Crippen molar-refractivity contribution in [2.24, 2.45) is 11.8 Å². The zero-order valence-corrected chi connectivity index (χ0v) is 10.5. The molecule has 1 heterocycles. The maximum absolute atomic E-state index is 12.0. The normalized spacial score (nSPS) is 24.0. The Morgan fingerprint density at radius 2 is 2.00 bits per heavy atom. The number of aliphatic hydroxyl groups is 1. The van der Waals surface area contributed by atoms with Gasteiger partial charge in [-0.15, -0.1) is 0 Å². The number of carbonyl (C=O) groups is 2. The largest absolute Gasteiger partial charge is 0.384 e. The van der Waals surface area contributed by atoms with E-state index in [1.54, 1.807) is 12.1 Å². The summed E-state index contributed by atoms with van der Waals surface area (Å²) >= 11 is 0. The van der Waals surface area contributed by atoms with Crippen LogP contribution in [-0.2, 0) is 9.59 Å². The summed E-state index contributed by atoms with van der Waals surface area (Å²) in [6.07, 6.45) is 0.706. The van der Waals surface area contributed by atoms with Crippen LogP contribution >= 0.6 is 0 Å². The van der Waals surface area contributed by atoms with Gasteiger partial charge in [-0.3, -0.25) is 14.5 Å². The maximum Gasteiger partial charge on any atom is 0.237 e. The predicted molar refractivity (Wildman–Crippen MR) is 69.2 cm³/mol. The number of carbonyl (C=O) groups excluding carboxylic acids is 2. The number of imide groups is 1. The maximum atomic E-state index is 12.0. The monoisotopic (exact) mass is 255 g/mol. The molecular formula is C15H13NO3. The van der Waals surface area contributed by atoms with Crippen LogP contribution in [0, 0.1) is 30.6 Å². The second-order valence-corrected chi connectivity index (χ2v) is 4.92. The number of hydrogen-bond donors (Lipinski definition) is 1. The highest BCUT2D eigenvalue weighted by Crippen LogP contribution is 2.48. The summed E-state index contributed by atoms with van der Waals surface area (Å²) < 4.78 is 0. The number of aryl methyl sites for hydroxylation is 1. The van der Waals surface area contributed by atoms with E-state index < -0.39 is 0 Å². The predicted octanol–water partition coefficient (Wildman–Crippen LogP) is 0.848. The fourth-order valence-electron chi connectivity index (χ4n) is 2.45. The van der Waals surface area contributed by atoms with Gasteiger partial charge < -0.3 is 5.11 Å². The highest BCUT2D eigenvalue weighted by Gasteiger charge is 2.59. The molecule has 2 atom stereocenters. The number of rotatable bonds is 1. The van der Waals surface area contributed by atoms with Crippen molar-refractivity contribution in [3.8, 4) is 11.8 Å². The minimum atomic E-state index is -0.213. The van der Waals surface area contributed by atoms with Crippen LogP contribution in [0.1, 0.15) is 17.5 Å². The van der Waals surface area contributed by atoms with E-state index in [1.165, 1.54) is 4.90 Å². The van der Waals surface area contributed by atoms with Crippen molar-refractivity contribution in [2.45, 2.75) is 13.3 Å². The first-order valence-corrected chi connectivity index (χ1v) is 6.21. The molecule has 1 aromatic carbocycles. The lowest BCUT2D eigenvalue weighted by atomic mass is 10.1. The highest BCUT2D eigenvalue weighted by molar-refractivity contribution is 6.24. The summed E-state index contributed by atoms with van der Waals surface area (Å²) in [5.41, 5.74) is 2.26. The molecule has 1 aromatic rings. The molecule has 3 rings (SSSR count). The molecule has 2 amide bonds. The smallest absolute Gasteiger partial charge is 0.237 e. The van der Waals surface area contributed by atoms with E-state index in [0.29, 0.717) is 12.1 Å². The molecule has 2 fully saturated rings. The van der Waals surface area contributed by atoms with Crippen LogP contribution in [0.2, 0.25) is 0 Å². The lowest BCUT2D eigenvalue weighted by molar-refractivity contribution is -0.123. The van der Waals surface area contributed by atoms with Crippen LogP contribution in [0.4, 0.5) is 5.69 Å². The third-order valence-corrected chi connectivity index (χ3v) is 3.65. The van der Waals surface area contributed by atoms with Crippen LogP contribution in [0.25, 0.3) is 0 Å². The summed E-state index contributed by atoms with van der Waals surface area (Å²) in [4.78, 5) is 25.3. The minimum absolute atomic E-state index is 0.0965. The SMILES string of the molecule is Cc1ccc(N2C(=O)C3CC3C2=O)cc1C#CCO. The Hall–Kier alpha value is -2.12. The molecule has 0 spiro atoms. The van der Waals surface area contributed by atoms with Crippen LogP contribution < -0.4 is 4.90 Å². The number of nitrogens with zero attached hydrogens (tertiary/aromatic N) is 1. The quantitative estimate of drug-likeness (QED) is 0.598. The van der Waals surface area contributed by atoms with E-state index in [9.17, 15) is 9.59 Å². The van der Waals surface area contributed by atoms with Crippen molar-refractivity contribution in [2.75, 3.05) is 11.5 Å². The van der Waals surface area contributed by atoms with Crippen molar-refractivity contribution in [1.29, 1.82) is 0 Å². The molecule has 1 aliphatic heterocycles. The number of fused-ring (bicyclic) bond motifs is 1. The van der Waals surface area contributed by atoms with E-state index in [0.717, 1.165) is 11.1 Å². The van der Waals surface area contributed by atoms with Crippen molar-refractivity contribution >= 4 is 17.5 Å². The Kier molecular flexibility index (Phi) is 2.65. The van der Waals surface area contributed by atoms with Crippen LogP contribution in [0.5, 0.6) is 0 Å². The zero-order valence-electron chi connectivity index (χ0n) is 10.5. The lowest BCUT2D eigenvalue weighted by Gasteiger charge is -2.17. The molecule has 0 aromatic heterocycles. The Balaban J connectivity index is 1.98. The number of hydrogen-bond acceptors (Lipinski definition) is 3. The molecule has 4 nitrogen and oxygen atoms in total. The Morgan fingerprint density at radius 3 is 2.63 bits per heavy atom. The van der Waals surface area contributed by atoms with Gasteiger partial charge in [-0.2, -0.15) is 0 Å². The van der Waals surface area contributed by atoms with Gasteiger partial charge in [-0.1, -0.05) is 17.9 Å². The first kappa shape index (κ1) is 11.9.